The van der Waals surface area contributed by atoms with E-state index in [1.807, 2.05) is 35.2 Å². The summed E-state index contributed by atoms with van der Waals surface area (Å²) in [5.74, 6) is 0.838. The fraction of sp³-hybridized carbons (Fsp3) is 0.261. The van der Waals surface area contributed by atoms with Crippen molar-refractivity contribution < 1.29 is 9.18 Å². The Morgan fingerprint density at radius 2 is 1.81 bits per heavy atom. The van der Waals surface area contributed by atoms with E-state index in [0.717, 1.165) is 29.4 Å². The maximum absolute atomic E-state index is 13.1. The maximum Gasteiger partial charge on any atom is 0.233 e. The van der Waals surface area contributed by atoms with Crippen LogP contribution in [0.2, 0.25) is 5.02 Å². The number of amides is 1. The molecule has 3 aromatic rings. The molecule has 1 amide bonds. The van der Waals surface area contributed by atoms with Crippen molar-refractivity contribution in [2.45, 2.75) is 11.6 Å². The molecule has 9 heteroatoms. The number of carbonyl (C=O) groups is 1. The second kappa shape index (κ2) is 10.7. The lowest BCUT2D eigenvalue weighted by atomic mass is 10.2. The van der Waals surface area contributed by atoms with Gasteiger partial charge in [-0.2, -0.15) is 0 Å². The van der Waals surface area contributed by atoms with Crippen molar-refractivity contribution in [3.05, 3.63) is 77.3 Å². The van der Waals surface area contributed by atoms with Crippen LogP contribution in [0.4, 0.5) is 15.9 Å². The molecule has 0 radical (unpaired) electrons. The molecular weight excluding hydrogens is 449 g/mol. The molecule has 1 aliphatic rings. The molecular formula is C23H23ClFN5OS. The van der Waals surface area contributed by atoms with E-state index in [9.17, 15) is 9.18 Å². The first-order chi connectivity index (χ1) is 15.6. The third kappa shape index (κ3) is 5.89. The number of thioether (sulfide) groups is 1. The lowest BCUT2D eigenvalue weighted by molar-refractivity contribution is -0.128. The average molecular weight is 472 g/mol. The van der Waals surface area contributed by atoms with E-state index in [4.69, 9.17) is 11.6 Å². The first-order valence-corrected chi connectivity index (χ1v) is 11.7. The number of halogens is 2. The Morgan fingerprint density at radius 3 is 2.56 bits per heavy atom. The summed E-state index contributed by atoms with van der Waals surface area (Å²) in [7, 11) is 0. The molecule has 0 bridgehead atoms. The van der Waals surface area contributed by atoms with Gasteiger partial charge < -0.3 is 15.1 Å². The average Bonchev–Trinajstić information content (AvgIpc) is 2.83. The molecule has 1 aromatic heterocycles. The molecule has 1 aliphatic heterocycles. The number of benzene rings is 2. The normalized spacial score (nSPS) is 13.8. The van der Waals surface area contributed by atoms with Gasteiger partial charge in [-0.15, -0.1) is 0 Å². The highest BCUT2D eigenvalue weighted by Gasteiger charge is 2.21. The van der Waals surface area contributed by atoms with Gasteiger partial charge in [0.05, 0.1) is 5.75 Å². The molecule has 6 nitrogen and oxygen atoms in total. The molecule has 1 fully saturated rings. The molecule has 0 aliphatic carbocycles. The fourth-order valence-corrected chi connectivity index (χ4v) is 4.41. The largest absolute Gasteiger partial charge is 0.368 e. The van der Waals surface area contributed by atoms with Crippen LogP contribution < -0.4 is 10.2 Å². The van der Waals surface area contributed by atoms with E-state index >= 15 is 0 Å². The highest BCUT2D eigenvalue weighted by molar-refractivity contribution is 7.99. The highest BCUT2D eigenvalue weighted by atomic mass is 35.5. The molecule has 1 N–H and O–H groups in total. The monoisotopic (exact) mass is 471 g/mol. The summed E-state index contributed by atoms with van der Waals surface area (Å²) >= 11 is 7.59. The van der Waals surface area contributed by atoms with Gasteiger partial charge >= 0.3 is 0 Å². The van der Waals surface area contributed by atoms with Gasteiger partial charge in [-0.05, 0) is 35.9 Å². The Kier molecular flexibility index (Phi) is 7.44. The molecule has 0 unspecified atom stereocenters. The summed E-state index contributed by atoms with van der Waals surface area (Å²) in [6.07, 6.45) is 1.49. The van der Waals surface area contributed by atoms with Crippen LogP contribution in [0.5, 0.6) is 0 Å². The number of hydrogen-bond donors (Lipinski definition) is 1. The predicted octanol–water partition coefficient (Wildman–Crippen LogP) is 4.32. The zero-order valence-corrected chi connectivity index (χ0v) is 18.9. The second-order valence-electron chi connectivity index (χ2n) is 7.32. The van der Waals surface area contributed by atoms with Gasteiger partial charge in [-0.3, -0.25) is 4.79 Å². The van der Waals surface area contributed by atoms with Crippen LogP contribution in [0.15, 0.2) is 66.0 Å². The molecule has 2 aromatic carbocycles. The quantitative estimate of drug-likeness (QED) is 0.409. The van der Waals surface area contributed by atoms with Crippen molar-refractivity contribution in [3.8, 4) is 0 Å². The molecule has 0 atom stereocenters. The van der Waals surface area contributed by atoms with Crippen LogP contribution >= 0.6 is 23.4 Å². The minimum Gasteiger partial charge on any atom is -0.368 e. The van der Waals surface area contributed by atoms with Crippen molar-refractivity contribution in [2.75, 3.05) is 42.1 Å². The zero-order chi connectivity index (χ0) is 22.3. The molecule has 4 rings (SSSR count). The first-order valence-electron chi connectivity index (χ1n) is 10.3. The number of nitrogens with one attached hydrogen (secondary N) is 1. The molecule has 166 valence electrons. The number of rotatable bonds is 7. The third-order valence-electron chi connectivity index (χ3n) is 5.23. The smallest absolute Gasteiger partial charge is 0.233 e. The number of piperazine rings is 1. The third-order valence-corrected chi connectivity index (χ3v) is 6.51. The topological polar surface area (TPSA) is 61.4 Å². The summed E-state index contributed by atoms with van der Waals surface area (Å²) in [5.41, 5.74) is 1.96. The van der Waals surface area contributed by atoms with Crippen molar-refractivity contribution >= 4 is 40.8 Å². The molecule has 2 heterocycles. The van der Waals surface area contributed by atoms with Crippen molar-refractivity contribution in [1.29, 1.82) is 0 Å². The highest BCUT2D eigenvalue weighted by Crippen LogP contribution is 2.21. The van der Waals surface area contributed by atoms with Crippen LogP contribution in [-0.4, -0.2) is 52.7 Å². The van der Waals surface area contributed by atoms with Gasteiger partial charge in [-0.25, -0.2) is 14.4 Å². The molecule has 1 saturated heterocycles. The van der Waals surface area contributed by atoms with E-state index < -0.39 is 0 Å². The van der Waals surface area contributed by atoms with E-state index in [2.05, 4.69) is 20.2 Å². The zero-order valence-electron chi connectivity index (χ0n) is 17.4. The van der Waals surface area contributed by atoms with Gasteiger partial charge in [0.15, 0.2) is 0 Å². The fourth-order valence-electron chi connectivity index (χ4n) is 3.44. The minimum absolute atomic E-state index is 0.0814. The number of carbonyl (C=O) groups excluding carboxylic acids is 1. The summed E-state index contributed by atoms with van der Waals surface area (Å²) in [6.45, 7) is 3.30. The lowest BCUT2D eigenvalue weighted by Gasteiger charge is -2.36. The van der Waals surface area contributed by atoms with Gasteiger partial charge in [-0.1, -0.05) is 41.6 Å². The van der Waals surface area contributed by atoms with E-state index in [1.54, 1.807) is 12.1 Å². The van der Waals surface area contributed by atoms with Crippen molar-refractivity contribution in [1.82, 2.24) is 14.9 Å². The van der Waals surface area contributed by atoms with Gasteiger partial charge in [0, 0.05) is 49.5 Å². The number of aromatic nitrogens is 2. The van der Waals surface area contributed by atoms with E-state index in [-0.39, 0.29) is 11.7 Å². The maximum atomic E-state index is 13.1. The Labute approximate surface area is 195 Å². The van der Waals surface area contributed by atoms with Crippen LogP contribution in [-0.2, 0) is 11.3 Å². The first kappa shape index (κ1) is 22.4. The molecule has 0 saturated carbocycles. The van der Waals surface area contributed by atoms with Crippen LogP contribution in [0.25, 0.3) is 0 Å². The number of anilines is 2. The Morgan fingerprint density at radius 1 is 1.06 bits per heavy atom. The van der Waals surface area contributed by atoms with Crippen molar-refractivity contribution in [3.63, 3.8) is 0 Å². The van der Waals surface area contributed by atoms with E-state index in [0.29, 0.717) is 36.2 Å². The van der Waals surface area contributed by atoms with Crippen molar-refractivity contribution in [2.24, 2.45) is 0 Å². The van der Waals surface area contributed by atoms with Crippen LogP contribution in [0.1, 0.15) is 5.56 Å². The van der Waals surface area contributed by atoms with E-state index in [1.165, 1.54) is 30.2 Å². The van der Waals surface area contributed by atoms with Crippen LogP contribution in [0.3, 0.4) is 0 Å². The summed E-state index contributed by atoms with van der Waals surface area (Å²) in [6, 6.07) is 15.9. The summed E-state index contributed by atoms with van der Waals surface area (Å²) in [4.78, 5) is 25.2. The Balaban J connectivity index is 1.25. The minimum atomic E-state index is -0.244. The van der Waals surface area contributed by atoms with Gasteiger partial charge in [0.1, 0.15) is 23.0 Å². The molecule has 0 spiro atoms. The number of nitrogens with zero attached hydrogens (tertiary/aromatic N) is 4. The standard InChI is InChI=1S/C23H23ClFN5OS/c24-20-4-2-1-3-17(20)14-26-21-13-22(28-16-27-21)32-15-23(31)30-11-9-29(10-12-30)19-7-5-18(25)6-8-19/h1-8,13,16H,9-12,14-15H2,(H,26,27,28). The Bertz CT molecular complexity index is 1060. The SMILES string of the molecule is O=C(CSc1cc(NCc2ccccc2Cl)ncn1)N1CCN(c2ccc(F)cc2)CC1. The molecule has 32 heavy (non-hydrogen) atoms. The predicted molar refractivity (Wildman–Crippen MR) is 127 cm³/mol. The lowest BCUT2D eigenvalue weighted by Crippen LogP contribution is -2.49. The second-order valence-corrected chi connectivity index (χ2v) is 8.72. The Hall–Kier alpha value is -2.84. The van der Waals surface area contributed by atoms with Gasteiger partial charge in [0.2, 0.25) is 5.91 Å². The van der Waals surface area contributed by atoms with Gasteiger partial charge in [0.25, 0.3) is 0 Å². The summed E-state index contributed by atoms with van der Waals surface area (Å²) < 4.78 is 13.1. The number of hydrogen-bond acceptors (Lipinski definition) is 6. The summed E-state index contributed by atoms with van der Waals surface area (Å²) in [5, 5.41) is 4.68. The van der Waals surface area contributed by atoms with Crippen LogP contribution in [0, 0.1) is 5.82 Å².